The molecule has 0 saturated heterocycles. The predicted octanol–water partition coefficient (Wildman–Crippen LogP) is 3.67. The number of Topliss-reactive ketones (excluding diaryl/α,β-unsaturated/α-hetero) is 1. The fraction of sp³-hybridized carbons (Fsp3) is 0.464. The second kappa shape index (κ2) is 14.5. The van der Waals surface area contributed by atoms with Crippen LogP contribution in [0.25, 0.3) is 11.1 Å². The highest BCUT2D eigenvalue weighted by molar-refractivity contribution is 6.00. The molecule has 2 aromatic carbocycles. The van der Waals surface area contributed by atoms with Gasteiger partial charge in [0.15, 0.2) is 5.78 Å². The Morgan fingerprint density at radius 2 is 1.31 bits per heavy atom. The van der Waals surface area contributed by atoms with Crippen LogP contribution in [0.3, 0.4) is 0 Å². The molecule has 3 N–H and O–H groups in total. The van der Waals surface area contributed by atoms with Crippen molar-refractivity contribution >= 4 is 23.3 Å². The molecule has 2 amide bonds. The van der Waals surface area contributed by atoms with Crippen LogP contribution in [-0.4, -0.2) is 63.2 Å². The van der Waals surface area contributed by atoms with Crippen LogP contribution in [0.4, 0.5) is 5.69 Å². The molecule has 0 saturated carbocycles. The molecule has 0 radical (unpaired) electrons. The average Bonchev–Trinajstić information content (AvgIpc) is 2.83. The quantitative estimate of drug-likeness (QED) is 0.272. The Hall–Kier alpha value is -3.07. The average molecular weight is 498 g/mol. The van der Waals surface area contributed by atoms with E-state index in [1.165, 1.54) is 0 Å². The Kier molecular flexibility index (Phi) is 11.7. The molecule has 0 aromatic heterocycles. The summed E-state index contributed by atoms with van der Waals surface area (Å²) < 4.78 is 10.6. The fourth-order valence-corrected chi connectivity index (χ4v) is 3.25. The minimum atomic E-state index is -0.417. The van der Waals surface area contributed by atoms with Gasteiger partial charge in [-0.3, -0.25) is 14.4 Å². The van der Waals surface area contributed by atoms with Crippen LogP contribution in [0.5, 0.6) is 0 Å². The third kappa shape index (κ3) is 10.7. The summed E-state index contributed by atoms with van der Waals surface area (Å²) in [5, 5.41) is 8.75. The zero-order valence-electron chi connectivity index (χ0n) is 22.0. The largest absolute Gasteiger partial charge is 0.369 e. The van der Waals surface area contributed by atoms with Gasteiger partial charge in [0.1, 0.15) is 13.2 Å². The lowest BCUT2D eigenvalue weighted by atomic mass is 9.86. The highest BCUT2D eigenvalue weighted by Gasteiger charge is 2.22. The molecule has 0 aliphatic heterocycles. The number of rotatable bonds is 14. The highest BCUT2D eigenvalue weighted by atomic mass is 16.5. The van der Waals surface area contributed by atoms with E-state index in [2.05, 4.69) is 16.0 Å². The number of benzene rings is 2. The second-order valence-corrected chi connectivity index (χ2v) is 9.85. The van der Waals surface area contributed by atoms with Crippen molar-refractivity contribution in [2.75, 3.05) is 44.8 Å². The minimum Gasteiger partial charge on any atom is -0.369 e. The lowest BCUT2D eigenvalue weighted by molar-refractivity contribution is -0.127. The molecule has 0 heterocycles. The summed E-state index contributed by atoms with van der Waals surface area (Å²) in [7, 11) is 0. The predicted molar refractivity (Wildman–Crippen MR) is 142 cm³/mol. The van der Waals surface area contributed by atoms with E-state index in [9.17, 15) is 14.4 Å². The molecular formula is C28H39N3O5. The summed E-state index contributed by atoms with van der Waals surface area (Å²) in [6.07, 6.45) is 0. The van der Waals surface area contributed by atoms with Crippen LogP contribution in [0.2, 0.25) is 0 Å². The number of ketones is 1. The van der Waals surface area contributed by atoms with Crippen LogP contribution in [0, 0.1) is 5.41 Å². The Labute approximate surface area is 214 Å². The summed E-state index contributed by atoms with van der Waals surface area (Å²) in [5.74, 6) is -0.351. The van der Waals surface area contributed by atoms with Crippen LogP contribution < -0.4 is 16.0 Å². The number of nitrogens with one attached hydrogen (secondary N) is 3. The molecule has 0 fully saturated rings. The molecule has 2 aromatic rings. The molecule has 0 atom stereocenters. The van der Waals surface area contributed by atoms with E-state index >= 15 is 0 Å². The van der Waals surface area contributed by atoms with Gasteiger partial charge in [-0.1, -0.05) is 71.0 Å². The van der Waals surface area contributed by atoms with Crippen LogP contribution >= 0.6 is 0 Å². The summed E-state index contributed by atoms with van der Waals surface area (Å²) in [5.41, 5.74) is 2.91. The maximum atomic E-state index is 12.4. The molecule has 0 spiro atoms. The third-order valence-electron chi connectivity index (χ3n) is 5.17. The second-order valence-electron chi connectivity index (χ2n) is 9.85. The van der Waals surface area contributed by atoms with Crippen molar-refractivity contribution in [2.45, 2.75) is 40.7 Å². The number of ether oxygens (including phenoxy) is 2. The van der Waals surface area contributed by atoms with Crippen molar-refractivity contribution in [2.24, 2.45) is 5.41 Å². The zero-order valence-corrected chi connectivity index (χ0v) is 22.0. The first-order chi connectivity index (χ1) is 17.1. The first-order valence-corrected chi connectivity index (χ1v) is 12.3. The van der Waals surface area contributed by atoms with Gasteiger partial charge >= 0.3 is 0 Å². The normalized spacial score (nSPS) is 11.4. The third-order valence-corrected chi connectivity index (χ3v) is 5.17. The molecule has 8 nitrogen and oxygen atoms in total. The van der Waals surface area contributed by atoms with E-state index in [-0.39, 0.29) is 44.0 Å². The number of carbonyl (C=O) groups excluding carboxylic acids is 3. The van der Waals surface area contributed by atoms with Gasteiger partial charge in [0.05, 0.1) is 13.2 Å². The number of hydrogen-bond acceptors (Lipinski definition) is 6. The van der Waals surface area contributed by atoms with E-state index in [1.807, 2.05) is 83.1 Å². The Bertz CT molecular complexity index is 980. The fourth-order valence-electron chi connectivity index (χ4n) is 3.25. The topological polar surface area (TPSA) is 106 Å². The number of anilines is 1. The molecule has 0 aliphatic rings. The molecule has 0 unspecified atom stereocenters. The smallest absolute Gasteiger partial charge is 0.250 e. The highest BCUT2D eigenvalue weighted by Crippen LogP contribution is 2.25. The van der Waals surface area contributed by atoms with Gasteiger partial charge in [-0.2, -0.15) is 0 Å². The zero-order chi connectivity index (χ0) is 26.6. The van der Waals surface area contributed by atoms with Crippen molar-refractivity contribution in [3.63, 3.8) is 0 Å². The number of amides is 2. The molecular weight excluding hydrogens is 458 g/mol. The standard InChI is InChI=1S/C28H39N3O5/c1-20(2)29-14-15-30-25(32)18-35-16-17-36-19-26(33)31-24-12-10-22(11-13-24)21-6-8-23(9-7-21)27(34)28(3,4)5/h6-13,20,29H,14-19H2,1-5H3,(H,30,32)(H,31,33). The molecule has 36 heavy (non-hydrogen) atoms. The first-order valence-electron chi connectivity index (χ1n) is 12.3. The minimum absolute atomic E-state index is 0.0425. The van der Waals surface area contributed by atoms with Gasteiger partial charge in [0.2, 0.25) is 11.8 Å². The number of hydrogen-bond donors (Lipinski definition) is 3. The summed E-state index contributed by atoms with van der Waals surface area (Å²) in [4.78, 5) is 36.1. The van der Waals surface area contributed by atoms with Crippen LogP contribution in [-0.2, 0) is 19.1 Å². The summed E-state index contributed by atoms with van der Waals surface area (Å²) in [6, 6.07) is 15.4. The van der Waals surface area contributed by atoms with E-state index in [0.29, 0.717) is 30.4 Å². The maximum absolute atomic E-state index is 12.4. The molecule has 8 heteroatoms. The lowest BCUT2D eigenvalue weighted by Crippen LogP contribution is -2.36. The van der Waals surface area contributed by atoms with Crippen LogP contribution in [0.15, 0.2) is 48.5 Å². The van der Waals surface area contributed by atoms with Gasteiger partial charge in [0.25, 0.3) is 0 Å². The van der Waals surface area contributed by atoms with Gasteiger partial charge in [-0.05, 0) is 23.3 Å². The lowest BCUT2D eigenvalue weighted by Gasteiger charge is -2.16. The van der Waals surface area contributed by atoms with E-state index < -0.39 is 5.41 Å². The molecule has 0 bridgehead atoms. The van der Waals surface area contributed by atoms with Crippen molar-refractivity contribution < 1.29 is 23.9 Å². The summed E-state index contributed by atoms with van der Waals surface area (Å²) in [6.45, 7) is 11.3. The van der Waals surface area contributed by atoms with Crippen molar-refractivity contribution in [1.82, 2.24) is 10.6 Å². The van der Waals surface area contributed by atoms with Crippen molar-refractivity contribution in [3.8, 4) is 11.1 Å². The van der Waals surface area contributed by atoms with Gasteiger partial charge in [0, 0.05) is 35.8 Å². The first kappa shape index (κ1) is 29.2. The Balaban J connectivity index is 1.66. The van der Waals surface area contributed by atoms with Gasteiger partial charge in [-0.15, -0.1) is 0 Å². The Morgan fingerprint density at radius 1 is 0.778 bits per heavy atom. The number of carbonyl (C=O) groups is 3. The van der Waals surface area contributed by atoms with E-state index in [0.717, 1.165) is 11.1 Å². The van der Waals surface area contributed by atoms with E-state index in [4.69, 9.17) is 9.47 Å². The molecule has 196 valence electrons. The Morgan fingerprint density at radius 3 is 1.83 bits per heavy atom. The molecule has 2 rings (SSSR count). The maximum Gasteiger partial charge on any atom is 0.250 e. The van der Waals surface area contributed by atoms with Gasteiger partial charge in [-0.25, -0.2) is 0 Å². The van der Waals surface area contributed by atoms with Crippen molar-refractivity contribution in [1.29, 1.82) is 0 Å². The van der Waals surface area contributed by atoms with Gasteiger partial charge < -0.3 is 25.4 Å². The van der Waals surface area contributed by atoms with E-state index in [1.54, 1.807) is 0 Å². The molecule has 0 aliphatic carbocycles. The SMILES string of the molecule is CC(C)NCCNC(=O)COCCOCC(=O)Nc1ccc(-c2ccc(C(=O)C(C)(C)C)cc2)cc1. The monoisotopic (exact) mass is 497 g/mol. The summed E-state index contributed by atoms with van der Waals surface area (Å²) >= 11 is 0. The van der Waals surface area contributed by atoms with Crippen molar-refractivity contribution in [3.05, 3.63) is 54.1 Å². The van der Waals surface area contributed by atoms with Crippen LogP contribution in [0.1, 0.15) is 45.0 Å².